The van der Waals surface area contributed by atoms with Crippen LogP contribution in [0, 0.1) is 0 Å². The third-order valence-corrected chi connectivity index (χ3v) is 6.54. The van der Waals surface area contributed by atoms with Crippen LogP contribution < -0.4 is 10.0 Å². The summed E-state index contributed by atoms with van der Waals surface area (Å²) in [5.74, 6) is 0. The molecule has 0 spiro atoms. The summed E-state index contributed by atoms with van der Waals surface area (Å²) in [4.78, 5) is 4.78. The molecule has 1 fully saturated rings. The number of aryl methyl sites for hydroxylation is 1. The number of hydrogen-bond donors (Lipinski definition) is 2. The fourth-order valence-corrected chi connectivity index (χ4v) is 4.53. The fourth-order valence-electron chi connectivity index (χ4n) is 3.51. The predicted octanol–water partition coefficient (Wildman–Crippen LogP) is 2.52. The SMILES string of the molecule is CCn1ncc2c(NC3CCOCC3)c(CNS(=O)(=O)c3ccccc3)cnc21. The van der Waals surface area contributed by atoms with Gasteiger partial charge in [-0.2, -0.15) is 5.10 Å². The smallest absolute Gasteiger partial charge is 0.240 e. The Hall–Kier alpha value is -2.49. The van der Waals surface area contributed by atoms with Gasteiger partial charge in [0.2, 0.25) is 10.0 Å². The standard InChI is InChI=1S/C20H25N5O3S/c1-2-25-20-18(14-22-25)19(24-16-8-10-28-11-9-16)15(12-21-20)13-23-29(26,27)17-6-4-3-5-7-17/h3-7,12,14,16,23H,2,8-11,13H2,1H3,(H,21,24). The number of fused-ring (bicyclic) bond motifs is 1. The van der Waals surface area contributed by atoms with E-state index in [1.807, 2.05) is 11.6 Å². The molecule has 1 aliphatic heterocycles. The number of benzene rings is 1. The van der Waals surface area contributed by atoms with Crippen LogP contribution in [0.4, 0.5) is 5.69 Å². The highest BCUT2D eigenvalue weighted by Gasteiger charge is 2.20. The van der Waals surface area contributed by atoms with Crippen LogP contribution in [-0.4, -0.2) is 42.4 Å². The van der Waals surface area contributed by atoms with Crippen molar-refractivity contribution in [3.8, 4) is 0 Å². The quantitative estimate of drug-likeness (QED) is 0.615. The second kappa shape index (κ2) is 8.48. The fraction of sp³-hybridized carbons (Fsp3) is 0.400. The van der Waals surface area contributed by atoms with Crippen molar-refractivity contribution in [1.29, 1.82) is 0 Å². The van der Waals surface area contributed by atoms with Crippen molar-refractivity contribution >= 4 is 26.7 Å². The molecule has 3 aromatic rings. The predicted molar refractivity (Wildman–Crippen MR) is 111 cm³/mol. The number of anilines is 1. The number of nitrogens with zero attached hydrogens (tertiary/aromatic N) is 3. The average molecular weight is 416 g/mol. The Morgan fingerprint density at radius 3 is 2.66 bits per heavy atom. The lowest BCUT2D eigenvalue weighted by Gasteiger charge is -2.25. The Labute approximate surface area is 170 Å². The van der Waals surface area contributed by atoms with Crippen LogP contribution in [0.2, 0.25) is 0 Å². The van der Waals surface area contributed by atoms with Gasteiger partial charge in [-0.05, 0) is 31.9 Å². The Balaban J connectivity index is 1.64. The van der Waals surface area contributed by atoms with E-state index < -0.39 is 10.0 Å². The second-order valence-corrected chi connectivity index (χ2v) is 8.79. The van der Waals surface area contributed by atoms with Gasteiger partial charge in [0, 0.05) is 44.1 Å². The van der Waals surface area contributed by atoms with Crippen LogP contribution in [-0.2, 0) is 27.8 Å². The topological polar surface area (TPSA) is 98.1 Å². The zero-order chi connectivity index (χ0) is 20.3. The van der Waals surface area contributed by atoms with E-state index in [-0.39, 0.29) is 17.5 Å². The first-order valence-corrected chi connectivity index (χ1v) is 11.3. The number of pyridine rings is 1. The van der Waals surface area contributed by atoms with E-state index in [9.17, 15) is 8.42 Å². The van der Waals surface area contributed by atoms with Crippen molar-refractivity contribution in [1.82, 2.24) is 19.5 Å². The zero-order valence-corrected chi connectivity index (χ0v) is 17.2. The van der Waals surface area contributed by atoms with Crippen LogP contribution in [0.1, 0.15) is 25.3 Å². The van der Waals surface area contributed by atoms with Crippen LogP contribution in [0.5, 0.6) is 0 Å². The molecule has 0 saturated carbocycles. The lowest BCUT2D eigenvalue weighted by molar-refractivity contribution is 0.0904. The maximum absolute atomic E-state index is 12.6. The summed E-state index contributed by atoms with van der Waals surface area (Å²) in [6, 6.07) is 8.63. The van der Waals surface area contributed by atoms with Crippen LogP contribution in [0.3, 0.4) is 0 Å². The highest BCUT2D eigenvalue weighted by Crippen LogP contribution is 2.28. The maximum Gasteiger partial charge on any atom is 0.240 e. The summed E-state index contributed by atoms with van der Waals surface area (Å²) in [7, 11) is -3.61. The molecule has 29 heavy (non-hydrogen) atoms. The van der Waals surface area contributed by atoms with E-state index in [0.29, 0.717) is 6.54 Å². The van der Waals surface area contributed by atoms with Gasteiger partial charge < -0.3 is 10.1 Å². The molecule has 2 aromatic heterocycles. The van der Waals surface area contributed by atoms with Gasteiger partial charge in [0.05, 0.1) is 22.2 Å². The Bertz CT molecular complexity index is 1080. The van der Waals surface area contributed by atoms with Crippen LogP contribution in [0.25, 0.3) is 11.0 Å². The number of ether oxygens (including phenoxy) is 1. The molecule has 0 radical (unpaired) electrons. The van der Waals surface area contributed by atoms with Gasteiger partial charge in [-0.3, -0.25) is 0 Å². The normalized spacial score (nSPS) is 15.6. The van der Waals surface area contributed by atoms with Crippen LogP contribution in [0.15, 0.2) is 47.6 Å². The number of nitrogens with one attached hydrogen (secondary N) is 2. The Morgan fingerprint density at radius 2 is 1.93 bits per heavy atom. The van der Waals surface area contributed by atoms with Crippen molar-refractivity contribution in [2.45, 2.75) is 43.8 Å². The van der Waals surface area contributed by atoms with Crippen molar-refractivity contribution in [2.75, 3.05) is 18.5 Å². The van der Waals surface area contributed by atoms with Gasteiger partial charge in [-0.25, -0.2) is 22.8 Å². The molecule has 2 N–H and O–H groups in total. The van der Waals surface area contributed by atoms with E-state index in [0.717, 1.165) is 48.3 Å². The number of hydrogen-bond acceptors (Lipinski definition) is 6. The summed E-state index contributed by atoms with van der Waals surface area (Å²) >= 11 is 0. The molecule has 9 heteroatoms. The minimum absolute atomic E-state index is 0.142. The Morgan fingerprint density at radius 1 is 1.17 bits per heavy atom. The molecular weight excluding hydrogens is 390 g/mol. The minimum Gasteiger partial charge on any atom is -0.381 e. The van der Waals surface area contributed by atoms with Gasteiger partial charge in [-0.1, -0.05) is 18.2 Å². The van der Waals surface area contributed by atoms with Crippen molar-refractivity contribution in [3.05, 3.63) is 48.3 Å². The van der Waals surface area contributed by atoms with Crippen molar-refractivity contribution < 1.29 is 13.2 Å². The minimum atomic E-state index is -3.61. The molecule has 8 nitrogen and oxygen atoms in total. The molecular formula is C20H25N5O3S. The van der Waals surface area contributed by atoms with E-state index in [4.69, 9.17) is 4.74 Å². The molecule has 0 bridgehead atoms. The third-order valence-electron chi connectivity index (χ3n) is 5.12. The van der Waals surface area contributed by atoms with Crippen LogP contribution >= 0.6 is 0 Å². The van der Waals surface area contributed by atoms with Crippen molar-refractivity contribution in [2.24, 2.45) is 0 Å². The van der Waals surface area contributed by atoms with Gasteiger partial charge in [0.15, 0.2) is 5.65 Å². The monoisotopic (exact) mass is 415 g/mol. The Kier molecular flexibility index (Phi) is 5.79. The molecule has 0 unspecified atom stereocenters. The molecule has 1 aliphatic rings. The van der Waals surface area contributed by atoms with Gasteiger partial charge in [0.1, 0.15) is 0 Å². The summed E-state index contributed by atoms with van der Waals surface area (Å²) in [5, 5.41) is 8.91. The number of aromatic nitrogens is 3. The molecule has 0 aliphatic carbocycles. The van der Waals surface area contributed by atoms with Crippen molar-refractivity contribution in [3.63, 3.8) is 0 Å². The molecule has 4 rings (SSSR count). The van der Waals surface area contributed by atoms with Gasteiger partial charge >= 0.3 is 0 Å². The number of rotatable bonds is 7. The van der Waals surface area contributed by atoms with Gasteiger partial charge in [-0.15, -0.1) is 0 Å². The highest BCUT2D eigenvalue weighted by atomic mass is 32.2. The van der Waals surface area contributed by atoms with E-state index in [1.165, 1.54) is 0 Å². The third kappa shape index (κ3) is 4.26. The van der Waals surface area contributed by atoms with E-state index in [1.54, 1.807) is 42.7 Å². The summed E-state index contributed by atoms with van der Waals surface area (Å²) in [6.45, 7) is 4.31. The highest BCUT2D eigenvalue weighted by molar-refractivity contribution is 7.89. The largest absolute Gasteiger partial charge is 0.381 e. The molecule has 1 saturated heterocycles. The maximum atomic E-state index is 12.6. The average Bonchev–Trinajstić information content (AvgIpc) is 3.18. The number of sulfonamides is 1. The zero-order valence-electron chi connectivity index (χ0n) is 16.3. The first kappa shape index (κ1) is 19.8. The first-order valence-electron chi connectivity index (χ1n) is 9.81. The summed E-state index contributed by atoms with van der Waals surface area (Å²) < 4.78 is 35.3. The van der Waals surface area contributed by atoms with Gasteiger partial charge in [0.25, 0.3) is 0 Å². The molecule has 0 amide bonds. The lowest BCUT2D eigenvalue weighted by Crippen LogP contribution is -2.29. The molecule has 154 valence electrons. The molecule has 1 aromatic carbocycles. The summed E-state index contributed by atoms with van der Waals surface area (Å²) in [6.07, 6.45) is 5.33. The van der Waals surface area contributed by atoms with E-state index >= 15 is 0 Å². The molecule has 0 atom stereocenters. The lowest BCUT2D eigenvalue weighted by atomic mass is 10.1. The molecule has 3 heterocycles. The first-order chi connectivity index (χ1) is 14.1. The summed E-state index contributed by atoms with van der Waals surface area (Å²) in [5.41, 5.74) is 2.47. The second-order valence-electron chi connectivity index (χ2n) is 7.02. The van der Waals surface area contributed by atoms with E-state index in [2.05, 4.69) is 20.1 Å².